The number of carbonyl (C=O) groups is 2. The minimum Gasteiger partial charge on any atom is -0.478 e. The Morgan fingerprint density at radius 1 is 1.09 bits per heavy atom. The van der Waals surface area contributed by atoms with Crippen LogP contribution in [0.4, 0.5) is 0 Å². The first-order valence-corrected chi connectivity index (χ1v) is 8.76. The van der Waals surface area contributed by atoms with Crippen molar-refractivity contribution in [2.75, 3.05) is 6.54 Å². The van der Waals surface area contributed by atoms with Crippen LogP contribution in [0.5, 0.6) is 0 Å². The SMILES string of the molecule is O=C(O)c1ccc2c(c1)CN(C(=O)CC1CCCCCC1)CC2. The van der Waals surface area contributed by atoms with E-state index in [1.54, 1.807) is 12.1 Å². The molecule has 4 nitrogen and oxygen atoms in total. The molecule has 0 spiro atoms. The van der Waals surface area contributed by atoms with Gasteiger partial charge in [-0.25, -0.2) is 4.79 Å². The van der Waals surface area contributed by atoms with Gasteiger partial charge in [-0.05, 0) is 48.4 Å². The molecular formula is C19H25NO3. The first-order valence-electron chi connectivity index (χ1n) is 8.76. The largest absolute Gasteiger partial charge is 0.478 e. The maximum absolute atomic E-state index is 12.6. The van der Waals surface area contributed by atoms with E-state index in [-0.39, 0.29) is 5.91 Å². The summed E-state index contributed by atoms with van der Waals surface area (Å²) < 4.78 is 0. The highest BCUT2D eigenvalue weighted by Gasteiger charge is 2.24. The van der Waals surface area contributed by atoms with Crippen LogP contribution in [0.1, 0.15) is 66.4 Å². The number of benzene rings is 1. The fourth-order valence-corrected chi connectivity index (χ4v) is 3.85. The summed E-state index contributed by atoms with van der Waals surface area (Å²) >= 11 is 0. The van der Waals surface area contributed by atoms with Gasteiger partial charge in [0.15, 0.2) is 0 Å². The fourth-order valence-electron chi connectivity index (χ4n) is 3.85. The molecule has 0 saturated heterocycles. The smallest absolute Gasteiger partial charge is 0.335 e. The molecule has 4 heteroatoms. The van der Waals surface area contributed by atoms with Gasteiger partial charge in [-0.2, -0.15) is 0 Å². The van der Waals surface area contributed by atoms with Gasteiger partial charge in [-0.15, -0.1) is 0 Å². The number of carbonyl (C=O) groups excluding carboxylic acids is 1. The van der Waals surface area contributed by atoms with Crippen molar-refractivity contribution in [3.63, 3.8) is 0 Å². The number of carboxylic acids is 1. The van der Waals surface area contributed by atoms with Crippen LogP contribution in [0, 0.1) is 5.92 Å². The van der Waals surface area contributed by atoms with Crippen LogP contribution in [-0.4, -0.2) is 28.4 Å². The Kier molecular flexibility index (Phi) is 4.99. The molecular weight excluding hydrogens is 290 g/mol. The van der Waals surface area contributed by atoms with Crippen molar-refractivity contribution in [3.8, 4) is 0 Å². The van der Waals surface area contributed by atoms with E-state index in [1.807, 2.05) is 11.0 Å². The van der Waals surface area contributed by atoms with Crippen molar-refractivity contribution in [1.82, 2.24) is 4.90 Å². The van der Waals surface area contributed by atoms with E-state index in [4.69, 9.17) is 5.11 Å². The topological polar surface area (TPSA) is 57.6 Å². The van der Waals surface area contributed by atoms with Crippen LogP contribution in [-0.2, 0) is 17.8 Å². The summed E-state index contributed by atoms with van der Waals surface area (Å²) in [6, 6.07) is 5.28. The van der Waals surface area contributed by atoms with E-state index in [1.165, 1.54) is 44.1 Å². The van der Waals surface area contributed by atoms with Crippen LogP contribution in [0.2, 0.25) is 0 Å². The fraction of sp³-hybridized carbons (Fsp3) is 0.579. The van der Waals surface area contributed by atoms with Crippen LogP contribution in [0.15, 0.2) is 18.2 Å². The molecule has 1 saturated carbocycles. The van der Waals surface area contributed by atoms with Crippen molar-refractivity contribution in [2.45, 2.75) is 57.9 Å². The van der Waals surface area contributed by atoms with Gasteiger partial charge in [0.25, 0.3) is 0 Å². The maximum atomic E-state index is 12.6. The summed E-state index contributed by atoms with van der Waals surface area (Å²) in [5, 5.41) is 9.12. The van der Waals surface area contributed by atoms with Crippen LogP contribution in [0.25, 0.3) is 0 Å². The van der Waals surface area contributed by atoms with E-state index >= 15 is 0 Å². The quantitative estimate of drug-likeness (QED) is 0.867. The average molecular weight is 315 g/mol. The highest BCUT2D eigenvalue weighted by molar-refractivity contribution is 5.88. The Balaban J connectivity index is 1.64. The van der Waals surface area contributed by atoms with Crippen LogP contribution < -0.4 is 0 Å². The summed E-state index contributed by atoms with van der Waals surface area (Å²) in [5.41, 5.74) is 2.47. The summed E-state index contributed by atoms with van der Waals surface area (Å²) in [5.74, 6) is -0.130. The van der Waals surface area contributed by atoms with Crippen molar-refractivity contribution < 1.29 is 14.7 Å². The standard InChI is InChI=1S/C19H25NO3/c21-18(11-14-5-3-1-2-4-6-14)20-10-9-15-7-8-16(19(22)23)12-17(15)13-20/h7-8,12,14H,1-6,9-11,13H2,(H,22,23). The summed E-state index contributed by atoms with van der Waals surface area (Å²) in [4.78, 5) is 25.6. The number of fused-ring (bicyclic) bond motifs is 1. The molecule has 0 radical (unpaired) electrons. The predicted octanol–water partition coefficient (Wildman–Crippen LogP) is 3.63. The molecule has 0 unspecified atom stereocenters. The normalized spacial score (nSPS) is 19.0. The van der Waals surface area contributed by atoms with Gasteiger partial charge in [0.2, 0.25) is 5.91 Å². The van der Waals surface area contributed by atoms with E-state index in [2.05, 4.69) is 0 Å². The number of rotatable bonds is 3. The number of amides is 1. The molecule has 2 aliphatic rings. The number of aromatic carboxylic acids is 1. The second-order valence-corrected chi connectivity index (χ2v) is 6.92. The monoisotopic (exact) mass is 315 g/mol. The molecule has 0 aromatic heterocycles. The first-order chi connectivity index (χ1) is 11.1. The predicted molar refractivity (Wildman–Crippen MR) is 88.3 cm³/mol. The molecule has 1 aromatic carbocycles. The van der Waals surface area contributed by atoms with Crippen LogP contribution >= 0.6 is 0 Å². The lowest BCUT2D eigenvalue weighted by Crippen LogP contribution is -2.37. The lowest BCUT2D eigenvalue weighted by molar-refractivity contribution is -0.133. The zero-order valence-electron chi connectivity index (χ0n) is 13.6. The molecule has 1 aliphatic heterocycles. The lowest BCUT2D eigenvalue weighted by atomic mass is 9.94. The van der Waals surface area contributed by atoms with Gasteiger partial charge in [-0.3, -0.25) is 4.79 Å². The van der Waals surface area contributed by atoms with E-state index < -0.39 is 5.97 Å². The molecule has 23 heavy (non-hydrogen) atoms. The highest BCUT2D eigenvalue weighted by Crippen LogP contribution is 2.27. The summed E-state index contributed by atoms with van der Waals surface area (Å²) in [7, 11) is 0. The lowest BCUT2D eigenvalue weighted by Gasteiger charge is -2.30. The second kappa shape index (κ2) is 7.16. The number of hydrogen-bond acceptors (Lipinski definition) is 2. The van der Waals surface area contributed by atoms with Crippen LogP contribution in [0.3, 0.4) is 0 Å². The first kappa shape index (κ1) is 16.0. The van der Waals surface area contributed by atoms with Gasteiger partial charge >= 0.3 is 5.97 Å². The Morgan fingerprint density at radius 2 is 1.83 bits per heavy atom. The Bertz CT molecular complexity index is 588. The number of nitrogens with zero attached hydrogens (tertiary/aromatic N) is 1. The molecule has 1 heterocycles. The van der Waals surface area contributed by atoms with Gasteiger partial charge in [0.05, 0.1) is 5.56 Å². The zero-order chi connectivity index (χ0) is 16.2. The maximum Gasteiger partial charge on any atom is 0.335 e. The van der Waals surface area contributed by atoms with Gasteiger partial charge in [0.1, 0.15) is 0 Å². The molecule has 1 aliphatic carbocycles. The Morgan fingerprint density at radius 3 is 2.52 bits per heavy atom. The van der Waals surface area contributed by atoms with Crippen molar-refractivity contribution >= 4 is 11.9 Å². The van der Waals surface area contributed by atoms with Crippen molar-refractivity contribution in [3.05, 3.63) is 34.9 Å². The van der Waals surface area contributed by atoms with E-state index in [0.29, 0.717) is 24.4 Å². The molecule has 124 valence electrons. The molecule has 0 atom stereocenters. The summed E-state index contributed by atoms with van der Waals surface area (Å²) in [6.07, 6.45) is 8.96. The van der Waals surface area contributed by atoms with Gasteiger partial charge < -0.3 is 10.0 Å². The minimum absolute atomic E-state index is 0.239. The third-order valence-corrected chi connectivity index (χ3v) is 5.26. The molecule has 1 fully saturated rings. The zero-order valence-corrected chi connectivity index (χ0v) is 13.6. The minimum atomic E-state index is -0.908. The third-order valence-electron chi connectivity index (χ3n) is 5.26. The molecule has 0 bridgehead atoms. The average Bonchev–Trinajstić information content (AvgIpc) is 2.82. The van der Waals surface area contributed by atoms with E-state index in [0.717, 1.165) is 18.5 Å². The molecule has 3 rings (SSSR count). The van der Waals surface area contributed by atoms with E-state index in [9.17, 15) is 9.59 Å². The van der Waals surface area contributed by atoms with Crippen molar-refractivity contribution in [1.29, 1.82) is 0 Å². The highest BCUT2D eigenvalue weighted by atomic mass is 16.4. The van der Waals surface area contributed by atoms with Crippen molar-refractivity contribution in [2.24, 2.45) is 5.92 Å². The number of carboxylic acid groups (broad SMARTS) is 1. The Labute approximate surface area is 137 Å². The molecule has 1 amide bonds. The Hall–Kier alpha value is -1.84. The van der Waals surface area contributed by atoms with Gasteiger partial charge in [0, 0.05) is 19.5 Å². The third kappa shape index (κ3) is 3.92. The molecule has 1 N–H and O–H groups in total. The molecule has 1 aromatic rings. The van der Waals surface area contributed by atoms with Gasteiger partial charge in [-0.1, -0.05) is 31.7 Å². The second-order valence-electron chi connectivity index (χ2n) is 6.92. The number of hydrogen-bond donors (Lipinski definition) is 1. The summed E-state index contributed by atoms with van der Waals surface area (Å²) in [6.45, 7) is 1.31.